The fourth-order valence-electron chi connectivity index (χ4n) is 2.64. The van der Waals surface area contributed by atoms with Crippen molar-refractivity contribution >= 4 is 5.91 Å². The Kier molecular flexibility index (Phi) is 3.96. The SMILES string of the molecule is CN(C(=O)c1ccc(-c2cn[nH]c2)cn1)C1CCNCC1. The molecule has 0 unspecified atom stereocenters. The summed E-state index contributed by atoms with van der Waals surface area (Å²) in [4.78, 5) is 18.6. The fourth-order valence-corrected chi connectivity index (χ4v) is 2.64. The van der Waals surface area contributed by atoms with Gasteiger partial charge in [0.05, 0.1) is 6.20 Å². The summed E-state index contributed by atoms with van der Waals surface area (Å²) in [6.45, 7) is 1.93. The van der Waals surface area contributed by atoms with Crippen LogP contribution >= 0.6 is 0 Å². The number of aromatic nitrogens is 3. The van der Waals surface area contributed by atoms with Crippen LogP contribution < -0.4 is 5.32 Å². The third-order valence-electron chi connectivity index (χ3n) is 3.99. The molecule has 0 bridgehead atoms. The molecule has 1 amide bonds. The van der Waals surface area contributed by atoms with Gasteiger partial charge < -0.3 is 10.2 Å². The zero-order chi connectivity index (χ0) is 14.7. The number of aromatic amines is 1. The smallest absolute Gasteiger partial charge is 0.272 e. The second kappa shape index (κ2) is 6.05. The van der Waals surface area contributed by atoms with Gasteiger partial charge in [-0.1, -0.05) is 6.07 Å². The van der Waals surface area contributed by atoms with Gasteiger partial charge in [0, 0.05) is 36.6 Å². The summed E-state index contributed by atoms with van der Waals surface area (Å²) in [6.07, 6.45) is 7.25. The Bertz CT molecular complexity index is 587. The molecule has 0 saturated carbocycles. The molecule has 2 N–H and O–H groups in total. The molecule has 6 heteroatoms. The lowest BCUT2D eigenvalue weighted by Gasteiger charge is -2.31. The number of nitrogens with one attached hydrogen (secondary N) is 2. The van der Waals surface area contributed by atoms with E-state index in [1.54, 1.807) is 24.7 Å². The monoisotopic (exact) mass is 285 g/mol. The van der Waals surface area contributed by atoms with Gasteiger partial charge in [-0.2, -0.15) is 5.10 Å². The Labute approximate surface area is 123 Å². The van der Waals surface area contributed by atoms with Crippen molar-refractivity contribution in [3.8, 4) is 11.1 Å². The summed E-state index contributed by atoms with van der Waals surface area (Å²) in [7, 11) is 1.87. The molecule has 1 fully saturated rings. The van der Waals surface area contributed by atoms with E-state index in [1.165, 1.54) is 0 Å². The summed E-state index contributed by atoms with van der Waals surface area (Å²) in [5, 5.41) is 9.99. The third kappa shape index (κ3) is 2.95. The van der Waals surface area contributed by atoms with E-state index in [2.05, 4.69) is 20.5 Å². The van der Waals surface area contributed by atoms with Crippen LogP contribution in [-0.4, -0.2) is 52.2 Å². The highest BCUT2D eigenvalue weighted by Gasteiger charge is 2.23. The summed E-state index contributed by atoms with van der Waals surface area (Å²) in [5.41, 5.74) is 2.40. The molecule has 1 saturated heterocycles. The lowest BCUT2D eigenvalue weighted by molar-refractivity contribution is 0.0697. The van der Waals surface area contributed by atoms with Crippen LogP contribution in [0.5, 0.6) is 0 Å². The van der Waals surface area contributed by atoms with Crippen LogP contribution in [-0.2, 0) is 0 Å². The van der Waals surface area contributed by atoms with Crippen molar-refractivity contribution in [2.24, 2.45) is 0 Å². The molecular formula is C15H19N5O. The van der Waals surface area contributed by atoms with E-state index in [0.29, 0.717) is 11.7 Å². The highest BCUT2D eigenvalue weighted by atomic mass is 16.2. The summed E-state index contributed by atoms with van der Waals surface area (Å²) >= 11 is 0. The molecule has 0 spiro atoms. The van der Waals surface area contributed by atoms with Gasteiger partial charge in [-0.25, -0.2) is 0 Å². The van der Waals surface area contributed by atoms with E-state index < -0.39 is 0 Å². The molecule has 2 aromatic heterocycles. The highest BCUT2D eigenvalue weighted by molar-refractivity contribution is 5.92. The first-order chi connectivity index (χ1) is 10.3. The number of hydrogen-bond acceptors (Lipinski definition) is 4. The summed E-state index contributed by atoms with van der Waals surface area (Å²) in [5.74, 6) is -0.0133. The summed E-state index contributed by atoms with van der Waals surface area (Å²) in [6, 6.07) is 3.98. The minimum absolute atomic E-state index is 0.0133. The molecule has 1 aliphatic heterocycles. The maximum atomic E-state index is 12.5. The molecular weight excluding hydrogens is 266 g/mol. The van der Waals surface area contributed by atoms with E-state index in [-0.39, 0.29) is 5.91 Å². The van der Waals surface area contributed by atoms with E-state index in [9.17, 15) is 4.79 Å². The van der Waals surface area contributed by atoms with E-state index in [1.807, 2.05) is 18.0 Å². The van der Waals surface area contributed by atoms with Gasteiger partial charge in [0.15, 0.2) is 0 Å². The average molecular weight is 285 g/mol. The largest absolute Gasteiger partial charge is 0.337 e. The van der Waals surface area contributed by atoms with Crippen molar-refractivity contribution in [1.82, 2.24) is 25.4 Å². The minimum Gasteiger partial charge on any atom is -0.337 e. The molecule has 3 rings (SSSR count). The van der Waals surface area contributed by atoms with Gasteiger partial charge in [-0.05, 0) is 32.0 Å². The van der Waals surface area contributed by atoms with Crippen molar-refractivity contribution in [3.63, 3.8) is 0 Å². The average Bonchev–Trinajstić information content (AvgIpc) is 3.09. The number of rotatable bonds is 3. The molecule has 110 valence electrons. The zero-order valence-corrected chi connectivity index (χ0v) is 12.0. The maximum absolute atomic E-state index is 12.5. The predicted molar refractivity (Wildman–Crippen MR) is 79.8 cm³/mol. The fraction of sp³-hybridized carbons (Fsp3) is 0.400. The Morgan fingerprint density at radius 1 is 1.24 bits per heavy atom. The standard InChI is InChI=1S/C15H19N5O/c1-20(13-4-6-16-7-5-13)15(21)14-3-2-11(8-17-14)12-9-18-19-10-12/h2-3,8-10,13,16H,4-7H2,1H3,(H,18,19). The van der Waals surface area contributed by atoms with E-state index in [0.717, 1.165) is 37.1 Å². The van der Waals surface area contributed by atoms with Crippen LogP contribution in [0.25, 0.3) is 11.1 Å². The molecule has 0 aliphatic carbocycles. The minimum atomic E-state index is -0.0133. The molecule has 6 nitrogen and oxygen atoms in total. The Morgan fingerprint density at radius 3 is 2.67 bits per heavy atom. The van der Waals surface area contributed by atoms with Crippen LogP contribution in [0.1, 0.15) is 23.3 Å². The first kappa shape index (κ1) is 13.8. The Hall–Kier alpha value is -2.21. The number of carbonyl (C=O) groups is 1. The molecule has 0 radical (unpaired) electrons. The molecule has 2 aromatic rings. The van der Waals surface area contributed by atoms with Gasteiger partial charge in [0.2, 0.25) is 0 Å². The second-order valence-corrected chi connectivity index (χ2v) is 5.32. The molecule has 0 aromatic carbocycles. The number of carbonyl (C=O) groups excluding carboxylic acids is 1. The van der Waals surface area contributed by atoms with Crippen LogP contribution in [0, 0.1) is 0 Å². The lowest BCUT2D eigenvalue weighted by Crippen LogP contribution is -2.44. The van der Waals surface area contributed by atoms with Crippen LogP contribution in [0.15, 0.2) is 30.7 Å². The van der Waals surface area contributed by atoms with Crippen molar-refractivity contribution < 1.29 is 4.79 Å². The van der Waals surface area contributed by atoms with Crippen LogP contribution in [0.4, 0.5) is 0 Å². The van der Waals surface area contributed by atoms with Gasteiger partial charge in [-0.3, -0.25) is 14.9 Å². The Morgan fingerprint density at radius 2 is 2.05 bits per heavy atom. The molecule has 3 heterocycles. The van der Waals surface area contributed by atoms with Crippen molar-refractivity contribution in [2.45, 2.75) is 18.9 Å². The number of nitrogens with zero attached hydrogens (tertiary/aromatic N) is 3. The third-order valence-corrected chi connectivity index (χ3v) is 3.99. The van der Waals surface area contributed by atoms with E-state index >= 15 is 0 Å². The number of amides is 1. The zero-order valence-electron chi connectivity index (χ0n) is 12.0. The second-order valence-electron chi connectivity index (χ2n) is 5.32. The van der Waals surface area contributed by atoms with Crippen LogP contribution in [0.3, 0.4) is 0 Å². The van der Waals surface area contributed by atoms with Gasteiger partial charge in [0.1, 0.15) is 5.69 Å². The number of H-pyrrole nitrogens is 1. The normalized spacial score (nSPS) is 15.9. The number of hydrogen-bond donors (Lipinski definition) is 2. The lowest BCUT2D eigenvalue weighted by atomic mass is 10.0. The topological polar surface area (TPSA) is 73.9 Å². The maximum Gasteiger partial charge on any atom is 0.272 e. The number of pyridine rings is 1. The number of piperidine rings is 1. The van der Waals surface area contributed by atoms with Crippen molar-refractivity contribution in [1.29, 1.82) is 0 Å². The molecule has 21 heavy (non-hydrogen) atoms. The van der Waals surface area contributed by atoms with Crippen molar-refractivity contribution in [2.75, 3.05) is 20.1 Å². The van der Waals surface area contributed by atoms with E-state index in [4.69, 9.17) is 0 Å². The molecule has 0 atom stereocenters. The van der Waals surface area contributed by atoms with Crippen LogP contribution in [0.2, 0.25) is 0 Å². The Balaban J connectivity index is 1.72. The molecule has 1 aliphatic rings. The predicted octanol–water partition coefficient (Wildman–Crippen LogP) is 1.30. The van der Waals surface area contributed by atoms with Crippen molar-refractivity contribution in [3.05, 3.63) is 36.4 Å². The highest BCUT2D eigenvalue weighted by Crippen LogP contribution is 2.18. The quantitative estimate of drug-likeness (QED) is 0.891. The van der Waals surface area contributed by atoms with Gasteiger partial charge >= 0.3 is 0 Å². The first-order valence-electron chi connectivity index (χ1n) is 7.19. The summed E-state index contributed by atoms with van der Waals surface area (Å²) < 4.78 is 0. The van der Waals surface area contributed by atoms with Gasteiger partial charge in [-0.15, -0.1) is 0 Å². The first-order valence-corrected chi connectivity index (χ1v) is 7.19. The van der Waals surface area contributed by atoms with Gasteiger partial charge in [0.25, 0.3) is 5.91 Å².